The van der Waals surface area contributed by atoms with E-state index in [1.807, 2.05) is 48.5 Å². The van der Waals surface area contributed by atoms with Crippen LogP contribution in [-0.4, -0.2) is 4.98 Å². The number of nitrogen functional groups attached to an aromatic ring is 1. The molecule has 0 unspecified atom stereocenters. The lowest BCUT2D eigenvalue weighted by Crippen LogP contribution is -1.92. The summed E-state index contributed by atoms with van der Waals surface area (Å²) in [5, 5.41) is 0. The van der Waals surface area contributed by atoms with Gasteiger partial charge in [-0.15, -0.1) is 0 Å². The van der Waals surface area contributed by atoms with Gasteiger partial charge < -0.3 is 5.73 Å². The van der Waals surface area contributed by atoms with Crippen LogP contribution in [0.2, 0.25) is 0 Å². The van der Waals surface area contributed by atoms with Gasteiger partial charge in [0.25, 0.3) is 0 Å². The van der Waals surface area contributed by atoms with E-state index in [-0.39, 0.29) is 0 Å². The molecule has 1 aromatic heterocycles. The van der Waals surface area contributed by atoms with Gasteiger partial charge in [0.15, 0.2) is 0 Å². The molecule has 0 saturated heterocycles. The van der Waals surface area contributed by atoms with Crippen molar-refractivity contribution in [1.29, 1.82) is 0 Å². The zero-order valence-electron chi connectivity index (χ0n) is 13.8. The number of benzene rings is 3. The van der Waals surface area contributed by atoms with Crippen LogP contribution < -0.4 is 5.73 Å². The van der Waals surface area contributed by atoms with Crippen molar-refractivity contribution in [2.24, 2.45) is 0 Å². The molecule has 0 radical (unpaired) electrons. The Morgan fingerprint density at radius 3 is 1.68 bits per heavy atom. The Labute approximate surface area is 147 Å². The second-order valence-electron chi connectivity index (χ2n) is 5.98. The van der Waals surface area contributed by atoms with Crippen molar-refractivity contribution in [2.75, 3.05) is 5.73 Å². The van der Waals surface area contributed by atoms with Gasteiger partial charge in [0.1, 0.15) is 0 Å². The summed E-state index contributed by atoms with van der Waals surface area (Å²) in [6.07, 6.45) is 0. The summed E-state index contributed by atoms with van der Waals surface area (Å²) in [4.78, 5) is 4.88. The first-order valence-corrected chi connectivity index (χ1v) is 8.28. The Hall–Kier alpha value is -3.39. The van der Waals surface area contributed by atoms with Crippen LogP contribution in [0.1, 0.15) is 0 Å². The van der Waals surface area contributed by atoms with Crippen LogP contribution >= 0.6 is 0 Å². The van der Waals surface area contributed by atoms with Gasteiger partial charge in [-0.2, -0.15) is 0 Å². The topological polar surface area (TPSA) is 38.9 Å². The molecule has 2 N–H and O–H groups in total. The fourth-order valence-electron chi connectivity index (χ4n) is 2.93. The molecule has 0 aliphatic carbocycles. The lowest BCUT2D eigenvalue weighted by atomic mass is 10.00. The number of rotatable bonds is 3. The Morgan fingerprint density at radius 2 is 1.04 bits per heavy atom. The number of nitrogens with two attached hydrogens (primary N) is 1. The Bertz CT molecular complexity index is 935. The molecule has 0 saturated carbocycles. The summed E-state index contributed by atoms with van der Waals surface area (Å²) in [6.45, 7) is 0. The van der Waals surface area contributed by atoms with Crippen LogP contribution in [0.15, 0.2) is 97.1 Å². The van der Waals surface area contributed by atoms with Crippen molar-refractivity contribution < 1.29 is 0 Å². The summed E-state index contributed by atoms with van der Waals surface area (Å²) < 4.78 is 0. The molecule has 0 aliphatic heterocycles. The van der Waals surface area contributed by atoms with Crippen molar-refractivity contribution in [2.45, 2.75) is 0 Å². The van der Waals surface area contributed by atoms with Crippen LogP contribution in [0.3, 0.4) is 0 Å². The molecular weight excluding hydrogens is 304 g/mol. The molecular formula is C23H18N2. The average Bonchev–Trinajstić information content (AvgIpc) is 2.69. The number of pyridine rings is 1. The lowest BCUT2D eigenvalue weighted by Gasteiger charge is -2.10. The molecule has 4 rings (SSSR count). The predicted octanol–water partition coefficient (Wildman–Crippen LogP) is 5.66. The highest BCUT2D eigenvalue weighted by Gasteiger charge is 2.08. The lowest BCUT2D eigenvalue weighted by molar-refractivity contribution is 1.32. The summed E-state index contributed by atoms with van der Waals surface area (Å²) in [7, 11) is 0. The standard InChI is InChI=1S/C23H18N2/c24-21-13-7-12-19(14-21)23-16-20(17-8-3-1-4-9-17)15-22(25-23)18-10-5-2-6-11-18/h1-16H,24H2. The molecule has 3 aromatic carbocycles. The van der Waals surface area contributed by atoms with Crippen molar-refractivity contribution in [3.8, 4) is 33.6 Å². The van der Waals surface area contributed by atoms with Crippen molar-refractivity contribution in [3.63, 3.8) is 0 Å². The minimum atomic E-state index is 0.741. The highest BCUT2D eigenvalue weighted by Crippen LogP contribution is 2.30. The van der Waals surface area contributed by atoms with Gasteiger partial charge in [0, 0.05) is 16.8 Å². The van der Waals surface area contributed by atoms with Gasteiger partial charge in [-0.1, -0.05) is 72.8 Å². The molecule has 0 spiro atoms. The van der Waals surface area contributed by atoms with Gasteiger partial charge in [0.2, 0.25) is 0 Å². The first-order valence-electron chi connectivity index (χ1n) is 8.28. The quantitative estimate of drug-likeness (QED) is 0.494. The van der Waals surface area contributed by atoms with E-state index in [1.54, 1.807) is 0 Å². The Morgan fingerprint density at radius 1 is 0.480 bits per heavy atom. The van der Waals surface area contributed by atoms with E-state index in [1.165, 1.54) is 5.56 Å². The minimum Gasteiger partial charge on any atom is -0.399 e. The van der Waals surface area contributed by atoms with E-state index < -0.39 is 0 Å². The maximum absolute atomic E-state index is 5.97. The van der Waals surface area contributed by atoms with Gasteiger partial charge in [-0.25, -0.2) is 4.98 Å². The van der Waals surface area contributed by atoms with Crippen molar-refractivity contribution >= 4 is 5.69 Å². The number of nitrogens with zero attached hydrogens (tertiary/aromatic N) is 1. The maximum atomic E-state index is 5.97. The smallest absolute Gasteiger partial charge is 0.0716 e. The number of aromatic nitrogens is 1. The SMILES string of the molecule is Nc1cccc(-c2cc(-c3ccccc3)cc(-c3ccccc3)n2)c1. The zero-order chi connectivity index (χ0) is 17.1. The molecule has 2 nitrogen and oxygen atoms in total. The molecule has 0 atom stereocenters. The fraction of sp³-hybridized carbons (Fsp3) is 0. The first kappa shape index (κ1) is 15.2. The Balaban J connectivity index is 1.92. The van der Waals surface area contributed by atoms with Crippen LogP contribution in [0, 0.1) is 0 Å². The third-order valence-electron chi connectivity index (χ3n) is 4.18. The van der Waals surface area contributed by atoms with Gasteiger partial charge >= 0.3 is 0 Å². The second kappa shape index (κ2) is 6.62. The van der Waals surface area contributed by atoms with Crippen LogP contribution in [0.25, 0.3) is 33.6 Å². The van der Waals surface area contributed by atoms with E-state index in [0.29, 0.717) is 0 Å². The second-order valence-corrected chi connectivity index (χ2v) is 5.98. The van der Waals surface area contributed by atoms with E-state index in [9.17, 15) is 0 Å². The fourth-order valence-corrected chi connectivity index (χ4v) is 2.93. The molecule has 25 heavy (non-hydrogen) atoms. The highest BCUT2D eigenvalue weighted by molar-refractivity contribution is 5.77. The summed E-state index contributed by atoms with van der Waals surface area (Å²) in [5.74, 6) is 0. The third-order valence-corrected chi connectivity index (χ3v) is 4.18. The molecule has 0 bridgehead atoms. The monoisotopic (exact) mass is 322 g/mol. The van der Waals surface area contributed by atoms with E-state index >= 15 is 0 Å². The van der Waals surface area contributed by atoms with E-state index in [0.717, 1.165) is 33.8 Å². The first-order chi connectivity index (χ1) is 12.3. The molecule has 1 heterocycles. The normalized spacial score (nSPS) is 10.6. The number of hydrogen-bond donors (Lipinski definition) is 1. The van der Waals surface area contributed by atoms with Crippen molar-refractivity contribution in [3.05, 3.63) is 97.1 Å². The summed E-state index contributed by atoms with van der Waals surface area (Å²) in [6, 6.07) is 32.7. The molecule has 0 fully saturated rings. The zero-order valence-corrected chi connectivity index (χ0v) is 13.8. The summed E-state index contributed by atoms with van der Waals surface area (Å²) >= 11 is 0. The van der Waals surface area contributed by atoms with E-state index in [4.69, 9.17) is 10.7 Å². The van der Waals surface area contributed by atoms with Gasteiger partial charge in [-0.05, 0) is 35.4 Å². The van der Waals surface area contributed by atoms with Gasteiger partial charge in [-0.3, -0.25) is 0 Å². The van der Waals surface area contributed by atoms with Crippen LogP contribution in [0.4, 0.5) is 5.69 Å². The maximum Gasteiger partial charge on any atom is 0.0716 e. The molecule has 4 aromatic rings. The van der Waals surface area contributed by atoms with Crippen molar-refractivity contribution in [1.82, 2.24) is 4.98 Å². The highest BCUT2D eigenvalue weighted by atomic mass is 14.7. The largest absolute Gasteiger partial charge is 0.399 e. The van der Waals surface area contributed by atoms with Gasteiger partial charge in [0.05, 0.1) is 11.4 Å². The number of hydrogen-bond acceptors (Lipinski definition) is 2. The third kappa shape index (κ3) is 3.29. The molecule has 2 heteroatoms. The Kier molecular flexibility index (Phi) is 4.01. The predicted molar refractivity (Wildman–Crippen MR) is 105 cm³/mol. The molecule has 120 valence electrons. The number of anilines is 1. The average molecular weight is 322 g/mol. The molecule has 0 aliphatic rings. The minimum absolute atomic E-state index is 0.741. The van der Waals surface area contributed by atoms with Crippen LogP contribution in [-0.2, 0) is 0 Å². The van der Waals surface area contributed by atoms with E-state index in [2.05, 4.69) is 48.5 Å². The summed E-state index contributed by atoms with van der Waals surface area (Å²) in [5.41, 5.74) is 13.0. The van der Waals surface area contributed by atoms with Crippen LogP contribution in [0.5, 0.6) is 0 Å². The molecule has 0 amide bonds.